The van der Waals surface area contributed by atoms with Crippen LogP contribution in [0.3, 0.4) is 0 Å². The van der Waals surface area contributed by atoms with Gasteiger partial charge >= 0.3 is 0 Å². The van der Waals surface area contributed by atoms with Gasteiger partial charge in [0.1, 0.15) is 12.1 Å². The molecule has 0 radical (unpaired) electrons. The second-order valence-corrected chi connectivity index (χ2v) is 6.21. The quantitative estimate of drug-likeness (QED) is 0.773. The van der Waals surface area contributed by atoms with Crippen LogP contribution in [0.4, 0.5) is 0 Å². The van der Waals surface area contributed by atoms with Gasteiger partial charge in [-0.3, -0.25) is 4.79 Å². The second kappa shape index (κ2) is 7.23. The highest BCUT2D eigenvalue weighted by Crippen LogP contribution is 2.20. The summed E-state index contributed by atoms with van der Waals surface area (Å²) in [5, 5.41) is 4.85. The molecule has 1 amide bonds. The molecule has 0 spiro atoms. The zero-order valence-electron chi connectivity index (χ0n) is 13.4. The van der Waals surface area contributed by atoms with Gasteiger partial charge in [-0.05, 0) is 54.3 Å². The van der Waals surface area contributed by atoms with Crippen LogP contribution in [-0.4, -0.2) is 23.0 Å². The summed E-state index contributed by atoms with van der Waals surface area (Å²) in [4.78, 5) is 21.3. The number of rotatable bonds is 5. The number of nitrogens with zero attached hydrogens (tertiary/aromatic N) is 2. The minimum absolute atomic E-state index is 0.0855. The molecule has 0 aliphatic carbocycles. The number of thiophene rings is 1. The Hall–Kier alpha value is -2.73. The number of aryl methyl sites for hydroxylation is 1. The molecule has 6 heteroatoms. The summed E-state index contributed by atoms with van der Waals surface area (Å²) in [6.07, 6.45) is 1.51. The predicted molar refractivity (Wildman–Crippen MR) is 94.2 cm³/mol. The fourth-order valence-electron chi connectivity index (χ4n) is 2.22. The first-order valence-electron chi connectivity index (χ1n) is 7.44. The van der Waals surface area contributed by atoms with Gasteiger partial charge in [0.05, 0.1) is 29.9 Å². The molecule has 5 nitrogen and oxygen atoms in total. The summed E-state index contributed by atoms with van der Waals surface area (Å²) in [5.74, 6) is 0.712. The summed E-state index contributed by atoms with van der Waals surface area (Å²) >= 11 is 1.44. The van der Waals surface area contributed by atoms with E-state index >= 15 is 0 Å². The summed E-state index contributed by atoms with van der Waals surface area (Å²) in [7, 11) is 1.63. The van der Waals surface area contributed by atoms with E-state index in [0.29, 0.717) is 11.4 Å². The van der Waals surface area contributed by atoms with Crippen LogP contribution < -0.4 is 10.1 Å². The number of aromatic nitrogens is 2. The highest BCUT2D eigenvalue weighted by molar-refractivity contribution is 7.12. The second-order valence-electron chi connectivity index (χ2n) is 5.29. The molecule has 0 atom stereocenters. The van der Waals surface area contributed by atoms with Crippen LogP contribution >= 0.6 is 11.3 Å². The number of amides is 1. The number of carbonyl (C=O) groups excluding carboxylic acids is 1. The Balaban J connectivity index is 1.69. The van der Waals surface area contributed by atoms with Crippen LogP contribution in [0.25, 0.3) is 11.3 Å². The Kier molecular flexibility index (Phi) is 4.86. The lowest BCUT2D eigenvalue weighted by Gasteiger charge is -2.06. The van der Waals surface area contributed by atoms with Crippen molar-refractivity contribution < 1.29 is 9.53 Å². The maximum absolute atomic E-state index is 12.1. The van der Waals surface area contributed by atoms with E-state index in [2.05, 4.69) is 15.3 Å². The Bertz CT molecular complexity index is 843. The molecule has 0 fully saturated rings. The largest absolute Gasteiger partial charge is 0.497 e. The van der Waals surface area contributed by atoms with Crippen LogP contribution in [0.5, 0.6) is 5.75 Å². The van der Waals surface area contributed by atoms with Crippen LogP contribution in [-0.2, 0) is 6.54 Å². The number of methoxy groups -OCH3 is 1. The third-order valence-electron chi connectivity index (χ3n) is 3.49. The lowest BCUT2D eigenvalue weighted by molar-refractivity contribution is 0.0954. The van der Waals surface area contributed by atoms with E-state index in [0.717, 1.165) is 28.3 Å². The van der Waals surface area contributed by atoms with Crippen molar-refractivity contribution in [3.8, 4) is 17.0 Å². The van der Waals surface area contributed by atoms with Crippen LogP contribution in [0, 0.1) is 6.92 Å². The van der Waals surface area contributed by atoms with Gasteiger partial charge in [-0.2, -0.15) is 0 Å². The van der Waals surface area contributed by atoms with Crippen molar-refractivity contribution in [3.63, 3.8) is 0 Å². The first-order valence-corrected chi connectivity index (χ1v) is 8.32. The van der Waals surface area contributed by atoms with E-state index < -0.39 is 0 Å². The zero-order valence-corrected chi connectivity index (χ0v) is 14.3. The fraction of sp³-hybridized carbons (Fsp3) is 0.167. The molecule has 3 rings (SSSR count). The third-order valence-corrected chi connectivity index (χ3v) is 4.54. The lowest BCUT2D eigenvalue weighted by atomic mass is 10.1. The summed E-state index contributed by atoms with van der Waals surface area (Å²) in [5.41, 5.74) is 3.63. The van der Waals surface area contributed by atoms with Gasteiger partial charge < -0.3 is 10.1 Å². The van der Waals surface area contributed by atoms with Crippen LogP contribution in [0.1, 0.15) is 20.9 Å². The van der Waals surface area contributed by atoms with E-state index in [1.165, 1.54) is 17.7 Å². The van der Waals surface area contributed by atoms with Crippen molar-refractivity contribution in [3.05, 3.63) is 64.2 Å². The van der Waals surface area contributed by atoms with Crippen molar-refractivity contribution in [1.29, 1.82) is 0 Å². The Morgan fingerprint density at radius 1 is 1.21 bits per heavy atom. The van der Waals surface area contributed by atoms with Crippen LogP contribution in [0.15, 0.2) is 48.1 Å². The molecule has 0 bridgehead atoms. The summed E-state index contributed by atoms with van der Waals surface area (Å²) in [6, 6.07) is 11.4. The lowest BCUT2D eigenvalue weighted by Crippen LogP contribution is -2.22. The average molecular weight is 339 g/mol. The first-order chi connectivity index (χ1) is 11.7. The smallest absolute Gasteiger partial charge is 0.261 e. The number of ether oxygens (including phenoxy) is 1. The molecule has 2 aromatic heterocycles. The van der Waals surface area contributed by atoms with Gasteiger partial charge in [0.25, 0.3) is 5.91 Å². The highest BCUT2D eigenvalue weighted by Gasteiger charge is 2.09. The molecule has 0 aliphatic heterocycles. The molecule has 1 aromatic carbocycles. The van der Waals surface area contributed by atoms with Gasteiger partial charge in [0, 0.05) is 5.56 Å². The molecule has 0 unspecified atom stereocenters. The molecule has 1 N–H and O–H groups in total. The molecule has 2 heterocycles. The molecule has 3 aromatic rings. The number of nitrogens with one attached hydrogen (secondary N) is 1. The van der Waals surface area contributed by atoms with Gasteiger partial charge in [0.15, 0.2) is 0 Å². The molecule has 0 saturated heterocycles. The first kappa shape index (κ1) is 16.1. The van der Waals surface area contributed by atoms with Crippen molar-refractivity contribution in [2.45, 2.75) is 13.5 Å². The van der Waals surface area contributed by atoms with Gasteiger partial charge in [-0.1, -0.05) is 0 Å². The number of hydrogen-bond donors (Lipinski definition) is 1. The third kappa shape index (κ3) is 3.78. The average Bonchev–Trinajstić information content (AvgIpc) is 3.06. The molecule has 0 aliphatic rings. The Morgan fingerprint density at radius 2 is 2.00 bits per heavy atom. The molecular formula is C18H17N3O2S. The van der Waals surface area contributed by atoms with Crippen molar-refractivity contribution in [2.24, 2.45) is 0 Å². The van der Waals surface area contributed by atoms with Crippen molar-refractivity contribution >= 4 is 17.2 Å². The molecule has 122 valence electrons. The molecule has 0 saturated carbocycles. The SMILES string of the molecule is COc1ccc(-c2cc(CNC(=O)c3cc(C)cs3)ncn2)cc1. The number of carbonyl (C=O) groups is 1. The number of benzene rings is 1. The predicted octanol–water partition coefficient (Wildman–Crippen LogP) is 3.45. The summed E-state index contributed by atoms with van der Waals surface area (Å²) in [6.45, 7) is 2.33. The number of hydrogen-bond acceptors (Lipinski definition) is 5. The van der Waals surface area contributed by atoms with Gasteiger partial charge in [-0.15, -0.1) is 11.3 Å². The molecular weight excluding hydrogens is 322 g/mol. The van der Waals surface area contributed by atoms with E-state index in [1.807, 2.05) is 48.7 Å². The van der Waals surface area contributed by atoms with Crippen molar-refractivity contribution in [1.82, 2.24) is 15.3 Å². The fourth-order valence-corrected chi connectivity index (χ4v) is 3.04. The minimum Gasteiger partial charge on any atom is -0.497 e. The van der Waals surface area contributed by atoms with Crippen molar-refractivity contribution in [2.75, 3.05) is 7.11 Å². The van der Waals surface area contributed by atoms with E-state index in [4.69, 9.17) is 4.74 Å². The Morgan fingerprint density at radius 3 is 2.67 bits per heavy atom. The maximum Gasteiger partial charge on any atom is 0.261 e. The standard InChI is InChI=1S/C18H17N3O2S/c1-12-7-17(24-10-12)18(22)19-9-14-8-16(21-11-20-14)13-3-5-15(23-2)6-4-13/h3-8,10-11H,9H2,1-2H3,(H,19,22). The van der Waals surface area contributed by atoms with Gasteiger partial charge in [-0.25, -0.2) is 9.97 Å². The summed E-state index contributed by atoms with van der Waals surface area (Å²) < 4.78 is 5.16. The maximum atomic E-state index is 12.1. The topological polar surface area (TPSA) is 64.1 Å². The van der Waals surface area contributed by atoms with E-state index in [1.54, 1.807) is 7.11 Å². The minimum atomic E-state index is -0.0855. The van der Waals surface area contributed by atoms with E-state index in [-0.39, 0.29) is 5.91 Å². The monoisotopic (exact) mass is 339 g/mol. The van der Waals surface area contributed by atoms with Crippen LogP contribution in [0.2, 0.25) is 0 Å². The normalized spacial score (nSPS) is 10.4. The molecule has 24 heavy (non-hydrogen) atoms. The van der Waals surface area contributed by atoms with Gasteiger partial charge in [0.2, 0.25) is 0 Å². The Labute approximate surface area is 144 Å². The highest BCUT2D eigenvalue weighted by atomic mass is 32.1. The van der Waals surface area contributed by atoms with E-state index in [9.17, 15) is 4.79 Å². The zero-order chi connectivity index (χ0) is 16.9.